The molecule has 0 unspecified atom stereocenters. The van der Waals surface area contributed by atoms with Gasteiger partial charge < -0.3 is 9.47 Å². The van der Waals surface area contributed by atoms with E-state index in [1.54, 1.807) is 0 Å². The van der Waals surface area contributed by atoms with Gasteiger partial charge in [0.15, 0.2) is 0 Å². The maximum Gasteiger partial charge on any atom is 0.225 e. The highest BCUT2D eigenvalue weighted by molar-refractivity contribution is 5.87. The summed E-state index contributed by atoms with van der Waals surface area (Å²) in [5.41, 5.74) is 6.54. The SMILES string of the molecule is Cn1cc(-c2ccc3ncn(C4CCN(C(=O)C5CC5)CC4)c3c2)c(-c2ccccc2)n1. The minimum absolute atomic E-state index is 0.307. The van der Waals surface area contributed by atoms with Crippen molar-refractivity contribution in [3.05, 3.63) is 61.1 Å². The minimum Gasteiger partial charge on any atom is -0.342 e. The number of carbonyl (C=O) groups excluding carboxylic acids is 1. The number of aromatic nitrogens is 4. The van der Waals surface area contributed by atoms with E-state index in [1.807, 2.05) is 36.3 Å². The van der Waals surface area contributed by atoms with E-state index in [1.165, 1.54) is 0 Å². The van der Waals surface area contributed by atoms with Crippen molar-refractivity contribution >= 4 is 16.9 Å². The summed E-state index contributed by atoms with van der Waals surface area (Å²) < 4.78 is 4.20. The molecule has 2 aromatic carbocycles. The summed E-state index contributed by atoms with van der Waals surface area (Å²) in [6.07, 6.45) is 8.18. The number of imidazole rings is 1. The molecular weight excluding hydrogens is 398 g/mol. The number of fused-ring (bicyclic) bond motifs is 1. The van der Waals surface area contributed by atoms with Crippen LogP contribution in [0.1, 0.15) is 31.7 Å². The normalized spacial score (nSPS) is 17.2. The van der Waals surface area contributed by atoms with Crippen molar-refractivity contribution in [2.45, 2.75) is 31.7 Å². The molecule has 0 bridgehead atoms. The standard InChI is InChI=1S/C26H27N5O/c1-29-16-22(25(28-29)18-5-3-2-4-6-18)20-9-10-23-24(15-20)31(17-27-23)21-11-13-30(14-12-21)26(32)19-7-8-19/h2-6,9-10,15-17,19,21H,7-8,11-14H2,1H3. The fraction of sp³-hybridized carbons (Fsp3) is 0.346. The zero-order valence-corrected chi connectivity index (χ0v) is 18.3. The summed E-state index contributed by atoms with van der Waals surface area (Å²) in [7, 11) is 1.97. The average molecular weight is 426 g/mol. The number of likely N-dealkylation sites (tertiary alicyclic amines) is 1. The van der Waals surface area contributed by atoms with Gasteiger partial charge in [-0.05, 0) is 43.4 Å². The molecule has 162 valence electrons. The van der Waals surface area contributed by atoms with Gasteiger partial charge in [-0.25, -0.2) is 4.98 Å². The summed E-state index contributed by atoms with van der Waals surface area (Å²) in [5, 5.41) is 4.74. The summed E-state index contributed by atoms with van der Waals surface area (Å²) in [5.74, 6) is 0.674. The fourth-order valence-electron chi connectivity index (χ4n) is 4.95. The van der Waals surface area contributed by atoms with E-state index in [2.05, 4.69) is 51.0 Å². The van der Waals surface area contributed by atoms with Gasteiger partial charge in [-0.1, -0.05) is 36.4 Å². The van der Waals surface area contributed by atoms with E-state index in [-0.39, 0.29) is 0 Å². The van der Waals surface area contributed by atoms with Crippen molar-refractivity contribution < 1.29 is 4.79 Å². The molecule has 0 spiro atoms. The lowest BCUT2D eigenvalue weighted by atomic mass is 10.0. The third-order valence-corrected chi connectivity index (χ3v) is 6.86. The molecule has 2 fully saturated rings. The second-order valence-corrected chi connectivity index (χ2v) is 9.12. The lowest BCUT2D eigenvalue weighted by Crippen LogP contribution is -2.39. The van der Waals surface area contributed by atoms with Crippen LogP contribution in [0.4, 0.5) is 0 Å². The average Bonchev–Trinajstić information content (AvgIpc) is 3.49. The predicted molar refractivity (Wildman–Crippen MR) is 125 cm³/mol. The number of amides is 1. The van der Waals surface area contributed by atoms with Gasteiger partial charge in [0, 0.05) is 49.4 Å². The number of aryl methyl sites for hydroxylation is 1. The Kier molecular flexibility index (Phi) is 4.59. The molecular formula is C26H27N5O. The summed E-state index contributed by atoms with van der Waals surface area (Å²) in [6.45, 7) is 1.69. The van der Waals surface area contributed by atoms with Crippen LogP contribution in [-0.2, 0) is 11.8 Å². The van der Waals surface area contributed by atoms with Crippen molar-refractivity contribution in [3.63, 3.8) is 0 Å². The number of nitrogens with zero attached hydrogens (tertiary/aromatic N) is 5. The number of hydrogen-bond donors (Lipinski definition) is 0. The number of rotatable bonds is 4. The zero-order valence-electron chi connectivity index (χ0n) is 18.3. The minimum atomic E-state index is 0.307. The van der Waals surface area contributed by atoms with E-state index in [9.17, 15) is 4.79 Å². The Balaban J connectivity index is 1.32. The van der Waals surface area contributed by atoms with Gasteiger partial charge in [0.25, 0.3) is 0 Å². The van der Waals surface area contributed by atoms with Gasteiger partial charge in [0.1, 0.15) is 5.69 Å². The molecule has 32 heavy (non-hydrogen) atoms. The van der Waals surface area contributed by atoms with Crippen molar-refractivity contribution in [1.82, 2.24) is 24.2 Å². The Bertz CT molecular complexity index is 1280. The van der Waals surface area contributed by atoms with Crippen molar-refractivity contribution in [2.75, 3.05) is 13.1 Å². The topological polar surface area (TPSA) is 56.0 Å². The first-order valence-corrected chi connectivity index (χ1v) is 11.5. The summed E-state index contributed by atoms with van der Waals surface area (Å²) in [4.78, 5) is 19.2. The van der Waals surface area contributed by atoms with Gasteiger partial charge in [-0.2, -0.15) is 5.10 Å². The van der Waals surface area contributed by atoms with E-state index < -0.39 is 0 Å². The highest BCUT2D eigenvalue weighted by Crippen LogP contribution is 2.36. The van der Waals surface area contributed by atoms with E-state index in [0.29, 0.717) is 17.9 Å². The molecule has 1 saturated carbocycles. The zero-order chi connectivity index (χ0) is 21.7. The molecule has 2 aliphatic rings. The Labute approximate surface area is 187 Å². The first-order chi connectivity index (χ1) is 15.7. The first kappa shape index (κ1) is 19.3. The number of hydrogen-bond acceptors (Lipinski definition) is 3. The lowest BCUT2D eigenvalue weighted by molar-refractivity contribution is -0.133. The molecule has 2 aromatic heterocycles. The largest absolute Gasteiger partial charge is 0.342 e. The van der Waals surface area contributed by atoms with Crippen molar-refractivity contribution in [1.29, 1.82) is 0 Å². The van der Waals surface area contributed by atoms with Crippen LogP contribution in [0.5, 0.6) is 0 Å². The summed E-state index contributed by atoms with van der Waals surface area (Å²) >= 11 is 0. The fourth-order valence-corrected chi connectivity index (χ4v) is 4.95. The van der Waals surface area contributed by atoms with E-state index in [0.717, 1.165) is 72.2 Å². The Morgan fingerprint density at radius 1 is 0.969 bits per heavy atom. The molecule has 6 rings (SSSR count). The molecule has 6 heteroatoms. The van der Waals surface area contributed by atoms with Crippen molar-refractivity contribution in [3.8, 4) is 22.4 Å². The molecule has 1 aliphatic heterocycles. The van der Waals surface area contributed by atoms with Gasteiger partial charge in [-0.15, -0.1) is 0 Å². The van der Waals surface area contributed by atoms with Gasteiger partial charge in [0.05, 0.1) is 17.4 Å². The maximum absolute atomic E-state index is 12.4. The van der Waals surface area contributed by atoms with Crippen LogP contribution < -0.4 is 0 Å². The molecule has 1 saturated heterocycles. The monoisotopic (exact) mass is 425 g/mol. The molecule has 0 radical (unpaired) electrons. The van der Waals surface area contributed by atoms with E-state index >= 15 is 0 Å². The Hall–Kier alpha value is -3.41. The van der Waals surface area contributed by atoms with Crippen LogP contribution in [0.15, 0.2) is 61.1 Å². The predicted octanol–water partition coefficient (Wildman–Crippen LogP) is 4.68. The molecule has 6 nitrogen and oxygen atoms in total. The van der Waals surface area contributed by atoms with Crippen LogP contribution in [0.25, 0.3) is 33.4 Å². The van der Waals surface area contributed by atoms with Gasteiger partial charge in [-0.3, -0.25) is 9.48 Å². The summed E-state index contributed by atoms with van der Waals surface area (Å²) in [6, 6.07) is 17.2. The lowest BCUT2D eigenvalue weighted by Gasteiger charge is -2.33. The Morgan fingerprint density at radius 3 is 2.50 bits per heavy atom. The van der Waals surface area contributed by atoms with Gasteiger partial charge >= 0.3 is 0 Å². The van der Waals surface area contributed by atoms with Gasteiger partial charge in [0.2, 0.25) is 5.91 Å². The van der Waals surface area contributed by atoms with E-state index in [4.69, 9.17) is 5.10 Å². The number of piperidine rings is 1. The molecule has 0 atom stereocenters. The second kappa shape index (κ2) is 7.62. The maximum atomic E-state index is 12.4. The van der Waals surface area contributed by atoms with Crippen LogP contribution in [0.2, 0.25) is 0 Å². The molecule has 1 amide bonds. The third kappa shape index (κ3) is 3.40. The first-order valence-electron chi connectivity index (χ1n) is 11.5. The van der Waals surface area contributed by atoms with Crippen LogP contribution in [0, 0.1) is 5.92 Å². The van der Waals surface area contributed by atoms with Crippen molar-refractivity contribution in [2.24, 2.45) is 13.0 Å². The molecule has 4 aromatic rings. The third-order valence-electron chi connectivity index (χ3n) is 6.86. The Morgan fingerprint density at radius 2 is 1.75 bits per heavy atom. The van der Waals surface area contributed by atoms with Crippen LogP contribution in [-0.4, -0.2) is 43.2 Å². The smallest absolute Gasteiger partial charge is 0.225 e. The quantitative estimate of drug-likeness (QED) is 0.477. The number of benzene rings is 2. The van der Waals surface area contributed by atoms with Crippen LogP contribution in [0.3, 0.4) is 0 Å². The molecule has 0 N–H and O–H groups in total. The molecule has 3 heterocycles. The highest BCUT2D eigenvalue weighted by Gasteiger charge is 2.35. The molecule has 1 aliphatic carbocycles. The van der Waals surface area contributed by atoms with Crippen LogP contribution >= 0.6 is 0 Å². The highest BCUT2D eigenvalue weighted by atomic mass is 16.2. The number of carbonyl (C=O) groups is 1. The second-order valence-electron chi connectivity index (χ2n) is 9.12.